The Morgan fingerprint density at radius 3 is 2.38 bits per heavy atom. The van der Waals surface area contributed by atoms with Gasteiger partial charge in [-0.15, -0.1) is 0 Å². The molecule has 0 saturated carbocycles. The number of phosphoric acid groups is 2. The van der Waals surface area contributed by atoms with Crippen LogP contribution in [0.3, 0.4) is 0 Å². The molecule has 0 unspecified atom stereocenters. The fourth-order valence-corrected chi connectivity index (χ4v) is 5.20. The third-order valence-corrected chi connectivity index (χ3v) is 7.20. The Hall–Kier alpha value is -2.99. The van der Waals surface area contributed by atoms with Gasteiger partial charge in [0.1, 0.15) is 23.2 Å². The van der Waals surface area contributed by atoms with Gasteiger partial charge in [-0.25, -0.2) is 13.9 Å². The van der Waals surface area contributed by atoms with Gasteiger partial charge in [-0.1, -0.05) is 30.3 Å². The molecule has 1 fully saturated rings. The van der Waals surface area contributed by atoms with Gasteiger partial charge in [0.05, 0.1) is 5.71 Å². The van der Waals surface area contributed by atoms with Crippen LogP contribution in [0.15, 0.2) is 41.6 Å². The highest BCUT2D eigenvalue weighted by Crippen LogP contribution is 2.45. The van der Waals surface area contributed by atoms with Gasteiger partial charge in [-0.05, 0) is 56.2 Å². The summed E-state index contributed by atoms with van der Waals surface area (Å²) in [6.07, 6.45) is 10.1. The van der Waals surface area contributed by atoms with Crippen LogP contribution >= 0.6 is 15.6 Å². The highest BCUT2D eigenvalue weighted by Gasteiger charge is 2.29. The number of oxime groups is 1. The number of phosphoric ester groups is 2. The first kappa shape index (κ1) is 33.5. The van der Waals surface area contributed by atoms with E-state index in [1.807, 2.05) is 19.1 Å². The van der Waals surface area contributed by atoms with E-state index in [-0.39, 0.29) is 36.1 Å². The number of cyclic esters (lactones) is 1. The second-order valence-corrected chi connectivity index (χ2v) is 12.4. The Morgan fingerprint density at radius 2 is 1.71 bits per heavy atom. The molecule has 0 radical (unpaired) electrons. The molecule has 0 aromatic heterocycles. The SMILES string of the molecule is C[C@@H]1C/C=C/[C@H](C)C/C=C/C(=N/OCC(=O)N2CCCCC2)Cc2cc(OP(=O)(O)O)cc(OP(=O)(O)O)c2C(=O)O1. The number of allylic oxidation sites excluding steroid dienone is 3. The maximum absolute atomic E-state index is 13.3. The number of amides is 1. The molecule has 0 aliphatic carbocycles. The molecule has 232 valence electrons. The van der Waals surface area contributed by atoms with Gasteiger partial charge in [-0.2, -0.15) is 0 Å². The zero-order valence-electron chi connectivity index (χ0n) is 23.3. The van der Waals surface area contributed by atoms with Gasteiger partial charge in [0.2, 0.25) is 0 Å². The Bertz CT molecular complexity index is 1310. The Labute approximate surface area is 243 Å². The standard InChI is InChI=1S/C26H36N2O12P2/c1-18-8-6-10-19(2)38-26(30)25-20(15-22(39-41(31,32)33)16-23(25)40-42(34,35)36)14-21(11-7-9-18)27-37-17-24(29)28-12-4-3-5-13-28/h6-8,11,15-16,18-19H,3-5,9-10,12-14,17H2,1-2H3,(H2,31,32,33)(H2,34,35,36)/b8-6+,11-7+,27-21-/t18-,19+/m0/s1. The van der Waals surface area contributed by atoms with Crippen molar-refractivity contribution < 1.29 is 56.9 Å². The van der Waals surface area contributed by atoms with Crippen molar-refractivity contribution in [3.63, 3.8) is 0 Å². The summed E-state index contributed by atoms with van der Waals surface area (Å²) in [5.41, 5.74) is -0.271. The number of carbonyl (C=O) groups is 2. The summed E-state index contributed by atoms with van der Waals surface area (Å²) in [6, 6.07) is 1.87. The van der Waals surface area contributed by atoms with Crippen LogP contribution in [-0.4, -0.2) is 67.9 Å². The minimum Gasteiger partial charge on any atom is -0.459 e. The quantitative estimate of drug-likeness (QED) is 0.148. The number of hydrogen-bond donors (Lipinski definition) is 4. The van der Waals surface area contributed by atoms with Crippen LogP contribution in [-0.2, 0) is 29.9 Å². The third-order valence-electron chi connectivity index (χ3n) is 6.31. The predicted molar refractivity (Wildman–Crippen MR) is 151 cm³/mol. The maximum atomic E-state index is 13.3. The highest BCUT2D eigenvalue weighted by atomic mass is 31.2. The second-order valence-electron chi connectivity index (χ2n) is 10.1. The van der Waals surface area contributed by atoms with E-state index in [2.05, 4.69) is 9.68 Å². The van der Waals surface area contributed by atoms with E-state index in [4.69, 9.17) is 14.1 Å². The average Bonchev–Trinajstić information content (AvgIpc) is 2.86. The lowest BCUT2D eigenvalue weighted by Crippen LogP contribution is -2.37. The molecule has 3 rings (SSSR count). The molecular formula is C26H36N2O12P2. The molecule has 0 bridgehead atoms. The molecule has 1 aromatic carbocycles. The molecule has 42 heavy (non-hydrogen) atoms. The third kappa shape index (κ3) is 11.4. The molecule has 2 heterocycles. The van der Waals surface area contributed by atoms with Crippen molar-refractivity contribution >= 4 is 33.2 Å². The van der Waals surface area contributed by atoms with Crippen molar-refractivity contribution in [2.75, 3.05) is 19.7 Å². The molecule has 16 heteroatoms. The highest BCUT2D eigenvalue weighted by molar-refractivity contribution is 7.47. The molecule has 0 spiro atoms. The van der Waals surface area contributed by atoms with E-state index in [0.717, 1.165) is 31.4 Å². The van der Waals surface area contributed by atoms with Crippen LogP contribution in [0.1, 0.15) is 61.9 Å². The summed E-state index contributed by atoms with van der Waals surface area (Å²) in [7, 11) is -10.4. The van der Waals surface area contributed by atoms with E-state index < -0.39 is 44.8 Å². The Balaban J connectivity index is 2.07. The molecule has 1 saturated heterocycles. The van der Waals surface area contributed by atoms with Crippen LogP contribution in [0.25, 0.3) is 0 Å². The molecule has 2 aliphatic rings. The number of fused-ring (bicyclic) bond motifs is 1. The Kier molecular flexibility index (Phi) is 11.9. The summed E-state index contributed by atoms with van der Waals surface area (Å²) in [5.74, 6) is -2.38. The number of hydrogen-bond acceptors (Lipinski definition) is 9. The first-order valence-corrected chi connectivity index (χ1v) is 16.4. The number of carbonyl (C=O) groups excluding carboxylic acids is 2. The van der Waals surface area contributed by atoms with Crippen molar-refractivity contribution in [3.8, 4) is 11.5 Å². The number of piperidine rings is 1. The number of ether oxygens (including phenoxy) is 1. The van der Waals surface area contributed by atoms with E-state index in [9.17, 15) is 38.3 Å². The predicted octanol–water partition coefficient (Wildman–Crippen LogP) is 3.64. The topological polar surface area (TPSA) is 202 Å². The normalized spacial score (nSPS) is 23.2. The first-order chi connectivity index (χ1) is 19.7. The molecule has 1 amide bonds. The van der Waals surface area contributed by atoms with Crippen molar-refractivity contribution in [2.45, 2.75) is 58.5 Å². The fraction of sp³-hybridized carbons (Fsp3) is 0.500. The smallest absolute Gasteiger partial charge is 0.459 e. The summed E-state index contributed by atoms with van der Waals surface area (Å²) in [5, 5.41) is 4.08. The van der Waals surface area contributed by atoms with Gasteiger partial charge >= 0.3 is 21.6 Å². The van der Waals surface area contributed by atoms with Crippen LogP contribution in [0.2, 0.25) is 0 Å². The summed E-state index contributed by atoms with van der Waals surface area (Å²) < 4.78 is 38.2. The van der Waals surface area contributed by atoms with Crippen molar-refractivity contribution in [1.82, 2.24) is 4.90 Å². The number of rotatable bonds is 7. The number of esters is 1. The van der Waals surface area contributed by atoms with Crippen molar-refractivity contribution in [1.29, 1.82) is 0 Å². The summed E-state index contributed by atoms with van der Waals surface area (Å²) in [6.45, 7) is 4.54. The number of benzene rings is 1. The van der Waals surface area contributed by atoms with Gasteiger partial charge in [0, 0.05) is 32.0 Å². The van der Waals surface area contributed by atoms with Crippen molar-refractivity contribution in [3.05, 3.63) is 47.6 Å². The Morgan fingerprint density at radius 1 is 1.02 bits per heavy atom. The van der Waals surface area contributed by atoms with Crippen LogP contribution in [0, 0.1) is 5.92 Å². The van der Waals surface area contributed by atoms with E-state index in [1.54, 1.807) is 24.0 Å². The molecule has 1 aromatic rings. The van der Waals surface area contributed by atoms with Gasteiger partial charge < -0.3 is 23.5 Å². The molecule has 2 aliphatic heterocycles. The second kappa shape index (κ2) is 15.0. The van der Waals surface area contributed by atoms with Crippen LogP contribution in [0.4, 0.5) is 0 Å². The molecule has 2 atom stereocenters. The average molecular weight is 631 g/mol. The summed E-state index contributed by atoms with van der Waals surface area (Å²) in [4.78, 5) is 70.6. The van der Waals surface area contributed by atoms with Crippen LogP contribution in [0.5, 0.6) is 11.5 Å². The van der Waals surface area contributed by atoms with Gasteiger partial charge in [-0.3, -0.25) is 24.4 Å². The fourth-order valence-electron chi connectivity index (χ4n) is 4.42. The van der Waals surface area contributed by atoms with E-state index in [1.165, 1.54) is 0 Å². The summed E-state index contributed by atoms with van der Waals surface area (Å²) >= 11 is 0. The maximum Gasteiger partial charge on any atom is 0.524 e. The molecule has 4 N–H and O–H groups in total. The van der Waals surface area contributed by atoms with E-state index in [0.29, 0.717) is 25.9 Å². The van der Waals surface area contributed by atoms with Gasteiger partial charge in [0.25, 0.3) is 5.91 Å². The lowest BCUT2D eigenvalue weighted by atomic mass is 9.99. The zero-order chi connectivity index (χ0) is 30.9. The van der Waals surface area contributed by atoms with Crippen LogP contribution < -0.4 is 9.05 Å². The van der Waals surface area contributed by atoms with Crippen molar-refractivity contribution in [2.24, 2.45) is 11.1 Å². The number of likely N-dealkylation sites (tertiary alicyclic amines) is 1. The van der Waals surface area contributed by atoms with Gasteiger partial charge in [0.15, 0.2) is 6.61 Å². The largest absolute Gasteiger partial charge is 0.524 e. The molecule has 14 nitrogen and oxygen atoms in total. The lowest BCUT2D eigenvalue weighted by molar-refractivity contribution is -0.137. The first-order valence-electron chi connectivity index (χ1n) is 13.4. The molecular weight excluding hydrogens is 594 g/mol. The minimum atomic E-state index is -5.26. The zero-order valence-corrected chi connectivity index (χ0v) is 25.1. The lowest BCUT2D eigenvalue weighted by Gasteiger charge is -2.26. The number of nitrogens with zero attached hydrogens (tertiary/aromatic N) is 2. The monoisotopic (exact) mass is 630 g/mol. The minimum absolute atomic E-state index is 0.0448. The van der Waals surface area contributed by atoms with E-state index >= 15 is 0 Å².